The topological polar surface area (TPSA) is 38.8 Å². The molecule has 1 amide bonds. The van der Waals surface area contributed by atoms with E-state index in [0.29, 0.717) is 22.7 Å². The smallest absolute Gasteiger partial charge is 0.307 e. The van der Waals surface area contributed by atoms with Crippen LogP contribution in [0, 0.1) is 11.6 Å². The molecular formula is C25H19Cl2F2NO3. The van der Waals surface area contributed by atoms with Crippen molar-refractivity contribution in [3.8, 4) is 11.5 Å². The van der Waals surface area contributed by atoms with Crippen LogP contribution >= 0.6 is 23.2 Å². The van der Waals surface area contributed by atoms with Gasteiger partial charge in [0.15, 0.2) is 11.5 Å². The number of carbonyl (C=O) groups is 1. The number of nitrogens with zero attached hydrogens (tertiary/aromatic N) is 1. The van der Waals surface area contributed by atoms with E-state index in [1.54, 1.807) is 17.0 Å². The van der Waals surface area contributed by atoms with Gasteiger partial charge in [-0.2, -0.15) is 0 Å². The summed E-state index contributed by atoms with van der Waals surface area (Å²) in [5.74, 6) is -2.88. The molecule has 0 spiro atoms. The largest absolute Gasteiger partial charge is 0.440 e. The van der Waals surface area contributed by atoms with Gasteiger partial charge in [-0.3, -0.25) is 4.79 Å². The van der Waals surface area contributed by atoms with Crippen LogP contribution in [0.15, 0.2) is 54.6 Å². The predicted molar refractivity (Wildman–Crippen MR) is 121 cm³/mol. The van der Waals surface area contributed by atoms with Crippen LogP contribution in [-0.4, -0.2) is 23.4 Å². The molecule has 2 aliphatic heterocycles. The first-order chi connectivity index (χ1) is 15.8. The van der Waals surface area contributed by atoms with Crippen molar-refractivity contribution < 1.29 is 23.0 Å². The zero-order valence-corrected chi connectivity index (χ0v) is 19.1. The monoisotopic (exact) mass is 489 g/mol. The third-order valence-electron chi connectivity index (χ3n) is 6.09. The summed E-state index contributed by atoms with van der Waals surface area (Å²) < 4.78 is 41.1. The summed E-state index contributed by atoms with van der Waals surface area (Å²) in [6, 6.07) is 12.8. The van der Waals surface area contributed by atoms with E-state index >= 15 is 4.39 Å². The third-order valence-corrected chi connectivity index (χ3v) is 6.64. The fourth-order valence-corrected chi connectivity index (χ4v) is 4.92. The van der Waals surface area contributed by atoms with Crippen molar-refractivity contribution in [1.29, 1.82) is 0 Å². The summed E-state index contributed by atoms with van der Waals surface area (Å²) in [7, 11) is 0. The van der Waals surface area contributed by atoms with E-state index < -0.39 is 23.3 Å². The van der Waals surface area contributed by atoms with Gasteiger partial charge in [0.25, 0.3) is 5.91 Å². The molecule has 2 unspecified atom stereocenters. The molecule has 2 heterocycles. The Morgan fingerprint density at radius 2 is 1.73 bits per heavy atom. The molecule has 0 aliphatic carbocycles. The average Bonchev–Trinajstić information content (AvgIpc) is 3.36. The molecule has 3 aromatic carbocycles. The van der Waals surface area contributed by atoms with E-state index in [0.717, 1.165) is 18.9 Å². The number of ether oxygens (including phenoxy) is 2. The molecule has 8 heteroatoms. The lowest BCUT2D eigenvalue weighted by Gasteiger charge is -2.29. The van der Waals surface area contributed by atoms with Gasteiger partial charge in [0.05, 0.1) is 16.1 Å². The lowest BCUT2D eigenvalue weighted by molar-refractivity contribution is -0.0459. The molecule has 0 saturated carbocycles. The van der Waals surface area contributed by atoms with Gasteiger partial charge in [-0.05, 0) is 68.3 Å². The van der Waals surface area contributed by atoms with Gasteiger partial charge in [-0.15, -0.1) is 0 Å². The Morgan fingerprint density at radius 1 is 1.03 bits per heavy atom. The maximum atomic E-state index is 15.0. The fraction of sp³-hybridized carbons (Fsp3) is 0.240. The minimum atomic E-state index is -1.62. The lowest BCUT2D eigenvalue weighted by atomic mass is 9.97. The maximum absolute atomic E-state index is 15.0. The first-order valence-electron chi connectivity index (χ1n) is 10.5. The fourth-order valence-electron chi connectivity index (χ4n) is 4.39. The highest BCUT2D eigenvalue weighted by atomic mass is 35.5. The number of likely N-dealkylation sites (tertiary alicyclic amines) is 1. The third kappa shape index (κ3) is 3.71. The SMILES string of the molecule is CC1CCCN1C(=O)c1cc2c(cc1F)OC(c1ccc(F)cc1)(c1ccc(Cl)cc1Cl)O2. The predicted octanol–water partition coefficient (Wildman–Crippen LogP) is 6.57. The van der Waals surface area contributed by atoms with Crippen molar-refractivity contribution in [1.82, 2.24) is 4.90 Å². The molecule has 0 radical (unpaired) electrons. The van der Waals surface area contributed by atoms with Crippen molar-refractivity contribution in [3.05, 3.63) is 93.0 Å². The number of fused-ring (bicyclic) bond motifs is 1. The Kier molecular flexibility index (Phi) is 5.46. The molecule has 2 atom stereocenters. The van der Waals surface area contributed by atoms with Gasteiger partial charge in [-0.1, -0.05) is 23.2 Å². The van der Waals surface area contributed by atoms with E-state index in [2.05, 4.69) is 0 Å². The molecule has 33 heavy (non-hydrogen) atoms. The van der Waals surface area contributed by atoms with Crippen LogP contribution in [-0.2, 0) is 5.79 Å². The number of halogens is 4. The zero-order chi connectivity index (χ0) is 23.3. The van der Waals surface area contributed by atoms with Crippen molar-refractivity contribution >= 4 is 29.1 Å². The van der Waals surface area contributed by atoms with Gasteiger partial charge in [0.2, 0.25) is 0 Å². The lowest BCUT2D eigenvalue weighted by Crippen LogP contribution is -2.37. The Hall–Kier alpha value is -2.83. The van der Waals surface area contributed by atoms with Crippen LogP contribution in [0.4, 0.5) is 8.78 Å². The van der Waals surface area contributed by atoms with Gasteiger partial charge in [-0.25, -0.2) is 8.78 Å². The van der Waals surface area contributed by atoms with Crippen molar-refractivity contribution in [2.75, 3.05) is 6.54 Å². The summed E-state index contributed by atoms with van der Waals surface area (Å²) in [6.45, 7) is 2.52. The Morgan fingerprint density at radius 3 is 2.36 bits per heavy atom. The second-order valence-corrected chi connectivity index (χ2v) is 9.06. The Labute approximate surface area is 199 Å². The second kappa shape index (κ2) is 8.19. The first kappa shape index (κ1) is 22.0. The van der Waals surface area contributed by atoms with Crippen LogP contribution < -0.4 is 9.47 Å². The minimum Gasteiger partial charge on any atom is -0.440 e. The molecule has 1 fully saturated rings. The summed E-state index contributed by atoms with van der Waals surface area (Å²) in [4.78, 5) is 14.7. The highest BCUT2D eigenvalue weighted by Crippen LogP contribution is 2.50. The molecular weight excluding hydrogens is 471 g/mol. The van der Waals surface area contributed by atoms with Gasteiger partial charge >= 0.3 is 5.79 Å². The number of hydrogen-bond acceptors (Lipinski definition) is 3. The van der Waals surface area contributed by atoms with E-state index in [1.807, 2.05) is 6.92 Å². The number of amides is 1. The molecule has 2 aliphatic rings. The van der Waals surface area contributed by atoms with Gasteiger partial charge < -0.3 is 14.4 Å². The molecule has 0 bridgehead atoms. The van der Waals surface area contributed by atoms with Crippen molar-refractivity contribution in [3.63, 3.8) is 0 Å². The van der Waals surface area contributed by atoms with E-state index in [9.17, 15) is 9.18 Å². The molecule has 3 aromatic rings. The van der Waals surface area contributed by atoms with E-state index in [4.69, 9.17) is 32.7 Å². The average molecular weight is 490 g/mol. The van der Waals surface area contributed by atoms with Crippen LogP contribution in [0.5, 0.6) is 11.5 Å². The standard InChI is InChI=1S/C25H19Cl2F2NO3/c1-14-3-2-10-30(14)24(31)18-12-22-23(13-21(18)29)33-25(32-22,15-4-7-17(28)8-5-15)19-9-6-16(26)11-20(19)27/h4-9,11-14H,2-3,10H2,1H3. The number of carbonyl (C=O) groups excluding carboxylic acids is 1. The molecule has 5 rings (SSSR count). The number of hydrogen-bond donors (Lipinski definition) is 0. The molecule has 170 valence electrons. The summed E-state index contributed by atoms with van der Waals surface area (Å²) in [5, 5.41) is 0.662. The summed E-state index contributed by atoms with van der Waals surface area (Å²) in [6.07, 6.45) is 1.75. The van der Waals surface area contributed by atoms with Gasteiger partial charge in [0, 0.05) is 29.2 Å². The normalized spacial score (nSPS) is 21.5. The van der Waals surface area contributed by atoms with Crippen molar-refractivity contribution in [2.45, 2.75) is 31.6 Å². The highest BCUT2D eigenvalue weighted by molar-refractivity contribution is 6.35. The number of benzene rings is 3. The van der Waals surface area contributed by atoms with Gasteiger partial charge in [0.1, 0.15) is 11.6 Å². The van der Waals surface area contributed by atoms with E-state index in [1.165, 1.54) is 36.4 Å². The Bertz CT molecular complexity index is 1250. The van der Waals surface area contributed by atoms with E-state index in [-0.39, 0.29) is 28.1 Å². The van der Waals surface area contributed by atoms with Crippen LogP contribution in [0.25, 0.3) is 0 Å². The quantitative estimate of drug-likeness (QED) is 0.417. The second-order valence-electron chi connectivity index (χ2n) is 8.22. The molecule has 0 N–H and O–H groups in total. The van der Waals surface area contributed by atoms with Crippen LogP contribution in [0.1, 0.15) is 41.3 Å². The zero-order valence-electron chi connectivity index (χ0n) is 17.6. The first-order valence-corrected chi connectivity index (χ1v) is 11.3. The minimum absolute atomic E-state index is 0.0357. The van der Waals surface area contributed by atoms with Crippen molar-refractivity contribution in [2.24, 2.45) is 0 Å². The maximum Gasteiger partial charge on any atom is 0.307 e. The summed E-state index contributed by atoms with van der Waals surface area (Å²) >= 11 is 12.6. The molecule has 1 saturated heterocycles. The Balaban J connectivity index is 1.61. The van der Waals surface area contributed by atoms with Crippen LogP contribution in [0.2, 0.25) is 10.0 Å². The molecule has 4 nitrogen and oxygen atoms in total. The highest BCUT2D eigenvalue weighted by Gasteiger charge is 2.47. The number of rotatable bonds is 3. The summed E-state index contributed by atoms with van der Waals surface area (Å²) in [5.41, 5.74) is 0.742. The molecule has 0 aromatic heterocycles. The van der Waals surface area contributed by atoms with Crippen LogP contribution in [0.3, 0.4) is 0 Å².